The molecule has 3 aliphatic rings. The van der Waals surface area contributed by atoms with Gasteiger partial charge < -0.3 is 14.4 Å². The Balaban J connectivity index is 1.32. The van der Waals surface area contributed by atoms with E-state index in [1.165, 1.54) is 4.90 Å². The molecule has 3 heterocycles. The molecule has 1 atom stereocenters. The van der Waals surface area contributed by atoms with Gasteiger partial charge in [-0.15, -0.1) is 0 Å². The van der Waals surface area contributed by atoms with Crippen LogP contribution in [-0.2, 0) is 34.0 Å². The highest BCUT2D eigenvalue weighted by molar-refractivity contribution is 6.32. The first-order valence-corrected chi connectivity index (χ1v) is 11.6. The number of benzene rings is 2. The van der Waals surface area contributed by atoms with Crippen LogP contribution in [0.4, 0.5) is 4.39 Å². The number of morpholine rings is 1. The lowest BCUT2D eigenvalue weighted by atomic mass is 9.70. The molecule has 5 rings (SSSR count). The van der Waals surface area contributed by atoms with Crippen molar-refractivity contribution >= 4 is 25.6 Å². The summed E-state index contributed by atoms with van der Waals surface area (Å²) in [6, 6.07) is 10.3. The molecule has 35 heavy (non-hydrogen) atoms. The molecule has 10 heteroatoms. The number of hydrogen-bond acceptors (Lipinski definition) is 6. The summed E-state index contributed by atoms with van der Waals surface area (Å²) in [4.78, 5) is 40.6. The SMILES string of the molecule is [B]C1(N2Cc3c(OCc4cccc(CN5CCOCC5)c4F)cccc3C2=O)CCC(=O)NC1=O. The number of piperidine rings is 1. The number of halogens is 1. The van der Waals surface area contributed by atoms with E-state index in [4.69, 9.17) is 17.3 Å². The molecule has 2 fully saturated rings. The molecule has 0 aliphatic carbocycles. The van der Waals surface area contributed by atoms with Gasteiger partial charge in [0, 0.05) is 48.3 Å². The molecule has 2 aromatic carbocycles. The molecule has 2 aromatic rings. The van der Waals surface area contributed by atoms with Crippen molar-refractivity contribution in [3.63, 3.8) is 0 Å². The molecule has 8 nitrogen and oxygen atoms in total. The molecule has 0 saturated carbocycles. The van der Waals surface area contributed by atoms with Crippen LogP contribution in [0.2, 0.25) is 0 Å². The van der Waals surface area contributed by atoms with Gasteiger partial charge in [0.05, 0.1) is 25.2 Å². The first-order chi connectivity index (χ1) is 16.9. The zero-order valence-electron chi connectivity index (χ0n) is 19.2. The van der Waals surface area contributed by atoms with Crippen molar-refractivity contribution in [3.05, 3.63) is 64.5 Å². The van der Waals surface area contributed by atoms with Crippen LogP contribution in [0, 0.1) is 5.82 Å². The monoisotopic (exact) mass is 477 g/mol. The van der Waals surface area contributed by atoms with Crippen LogP contribution in [0.15, 0.2) is 36.4 Å². The van der Waals surface area contributed by atoms with Crippen LogP contribution in [0.5, 0.6) is 5.75 Å². The summed E-state index contributed by atoms with van der Waals surface area (Å²) in [6.07, 6.45) is 0.0839. The van der Waals surface area contributed by atoms with E-state index >= 15 is 4.39 Å². The van der Waals surface area contributed by atoms with Gasteiger partial charge in [-0.25, -0.2) is 4.39 Å². The molecule has 0 aromatic heterocycles. The van der Waals surface area contributed by atoms with Gasteiger partial charge in [-0.2, -0.15) is 0 Å². The van der Waals surface area contributed by atoms with Crippen molar-refractivity contribution < 1.29 is 28.2 Å². The zero-order valence-corrected chi connectivity index (χ0v) is 19.2. The molecule has 0 spiro atoms. The van der Waals surface area contributed by atoms with Gasteiger partial charge in [0.25, 0.3) is 5.91 Å². The molecule has 180 valence electrons. The van der Waals surface area contributed by atoms with Gasteiger partial charge in [0.2, 0.25) is 11.8 Å². The second-order valence-corrected chi connectivity index (χ2v) is 9.04. The van der Waals surface area contributed by atoms with Crippen LogP contribution in [0.3, 0.4) is 0 Å². The van der Waals surface area contributed by atoms with E-state index in [0.29, 0.717) is 47.8 Å². The molecule has 1 N–H and O–H groups in total. The third-order valence-electron chi connectivity index (χ3n) is 6.83. The van der Waals surface area contributed by atoms with Crippen molar-refractivity contribution in [2.75, 3.05) is 26.3 Å². The fourth-order valence-corrected chi connectivity index (χ4v) is 4.76. The largest absolute Gasteiger partial charge is 0.488 e. The Morgan fingerprint density at radius 1 is 1.09 bits per heavy atom. The summed E-state index contributed by atoms with van der Waals surface area (Å²) in [5.74, 6) is -1.41. The van der Waals surface area contributed by atoms with Crippen LogP contribution in [0.1, 0.15) is 39.9 Å². The lowest BCUT2D eigenvalue weighted by molar-refractivity contribution is -0.138. The number of amides is 3. The number of fused-ring (bicyclic) bond motifs is 1. The Morgan fingerprint density at radius 2 is 1.83 bits per heavy atom. The molecular weight excluding hydrogens is 452 g/mol. The van der Waals surface area contributed by atoms with Crippen LogP contribution >= 0.6 is 0 Å². The van der Waals surface area contributed by atoms with E-state index in [1.807, 2.05) is 0 Å². The number of hydrogen-bond donors (Lipinski definition) is 1. The molecule has 3 aliphatic heterocycles. The van der Waals surface area contributed by atoms with Crippen LogP contribution < -0.4 is 10.1 Å². The summed E-state index contributed by atoms with van der Waals surface area (Å²) in [5, 5.41) is 2.22. The second kappa shape index (κ2) is 9.43. The first-order valence-electron chi connectivity index (χ1n) is 11.6. The summed E-state index contributed by atoms with van der Waals surface area (Å²) in [5.41, 5.74) is 0.336. The minimum absolute atomic E-state index is 0.0177. The summed E-state index contributed by atoms with van der Waals surface area (Å²) >= 11 is 0. The zero-order chi connectivity index (χ0) is 24.6. The van der Waals surface area contributed by atoms with E-state index in [9.17, 15) is 14.4 Å². The molecular formula is C25H25BFN3O5. The van der Waals surface area contributed by atoms with Gasteiger partial charge in [-0.05, 0) is 18.6 Å². The lowest BCUT2D eigenvalue weighted by Gasteiger charge is -2.40. The van der Waals surface area contributed by atoms with Crippen molar-refractivity contribution in [1.82, 2.24) is 15.1 Å². The van der Waals surface area contributed by atoms with E-state index in [2.05, 4.69) is 10.2 Å². The number of rotatable bonds is 6. The Morgan fingerprint density at radius 3 is 2.60 bits per heavy atom. The molecule has 1 unspecified atom stereocenters. The molecule has 0 bridgehead atoms. The topological polar surface area (TPSA) is 88.2 Å². The average molecular weight is 477 g/mol. The van der Waals surface area contributed by atoms with Crippen LogP contribution in [0.25, 0.3) is 0 Å². The number of imide groups is 1. The fourth-order valence-electron chi connectivity index (χ4n) is 4.76. The van der Waals surface area contributed by atoms with Crippen molar-refractivity contribution in [2.24, 2.45) is 0 Å². The average Bonchev–Trinajstić information content (AvgIpc) is 3.21. The molecule has 3 amide bonds. The Bertz CT molecular complexity index is 1190. The fraction of sp³-hybridized carbons (Fsp3) is 0.400. The maximum Gasteiger partial charge on any atom is 0.254 e. The predicted molar refractivity (Wildman–Crippen MR) is 124 cm³/mol. The van der Waals surface area contributed by atoms with Gasteiger partial charge in [-0.3, -0.25) is 24.6 Å². The Labute approximate surface area is 203 Å². The van der Waals surface area contributed by atoms with E-state index in [-0.39, 0.29) is 31.8 Å². The third kappa shape index (κ3) is 4.43. The Hall–Kier alpha value is -3.24. The van der Waals surface area contributed by atoms with Gasteiger partial charge in [-0.1, -0.05) is 24.3 Å². The van der Waals surface area contributed by atoms with Gasteiger partial charge in [0.15, 0.2) is 0 Å². The first kappa shape index (κ1) is 23.5. The van der Waals surface area contributed by atoms with Crippen molar-refractivity contribution in [3.8, 4) is 5.75 Å². The number of nitrogens with zero attached hydrogens (tertiary/aromatic N) is 2. The van der Waals surface area contributed by atoms with Crippen molar-refractivity contribution in [1.29, 1.82) is 0 Å². The van der Waals surface area contributed by atoms with E-state index in [0.717, 1.165) is 13.1 Å². The number of carbonyl (C=O) groups excluding carboxylic acids is 3. The van der Waals surface area contributed by atoms with E-state index < -0.39 is 23.2 Å². The Kier molecular flexibility index (Phi) is 6.33. The number of nitrogens with one attached hydrogen (secondary N) is 1. The van der Waals surface area contributed by atoms with Crippen LogP contribution in [-0.4, -0.2) is 67.1 Å². The second-order valence-electron chi connectivity index (χ2n) is 9.04. The number of ether oxygens (including phenoxy) is 2. The predicted octanol–water partition coefficient (Wildman–Crippen LogP) is 1.49. The normalized spacial score (nSPS) is 22.8. The van der Waals surface area contributed by atoms with Gasteiger partial charge in [0.1, 0.15) is 26.0 Å². The smallest absolute Gasteiger partial charge is 0.254 e. The van der Waals surface area contributed by atoms with Crippen molar-refractivity contribution in [2.45, 2.75) is 38.0 Å². The molecule has 2 radical (unpaired) electrons. The lowest BCUT2D eigenvalue weighted by Crippen LogP contribution is -2.63. The molecule has 2 saturated heterocycles. The summed E-state index contributed by atoms with van der Waals surface area (Å²) in [7, 11) is 6.31. The van der Waals surface area contributed by atoms with Gasteiger partial charge >= 0.3 is 0 Å². The quantitative estimate of drug-likeness (QED) is 0.501. The maximum atomic E-state index is 15.2. The highest BCUT2D eigenvalue weighted by Crippen LogP contribution is 2.37. The summed E-state index contributed by atoms with van der Waals surface area (Å²) < 4.78 is 26.5. The highest BCUT2D eigenvalue weighted by atomic mass is 19.1. The number of carbonyl (C=O) groups is 3. The minimum atomic E-state index is -1.62. The maximum absolute atomic E-state index is 15.2. The highest BCUT2D eigenvalue weighted by Gasteiger charge is 2.48. The third-order valence-corrected chi connectivity index (χ3v) is 6.83. The standard InChI is InChI=1S/C25H25BFN3O5/c26-25(8-7-21(31)28-24(25)33)30-14-19-18(23(30)32)5-2-6-20(19)35-15-17-4-1-3-16(22(17)27)13-29-9-11-34-12-10-29/h1-6H,7-15H2,(H,28,31,33). The van der Waals surface area contributed by atoms with E-state index in [1.54, 1.807) is 36.4 Å². The minimum Gasteiger partial charge on any atom is -0.488 e. The summed E-state index contributed by atoms with van der Waals surface area (Å²) in [6.45, 7) is 3.34.